The van der Waals surface area contributed by atoms with E-state index in [1.165, 1.54) is 60.7 Å². The van der Waals surface area contributed by atoms with Crippen LogP contribution in [0.5, 0.6) is 0 Å². The van der Waals surface area contributed by atoms with Crippen molar-refractivity contribution in [3.05, 3.63) is 191 Å². The van der Waals surface area contributed by atoms with Gasteiger partial charge in [0, 0.05) is 0 Å². The first-order valence-corrected chi connectivity index (χ1v) is 17.1. The van der Waals surface area contributed by atoms with Crippen molar-refractivity contribution in [2.24, 2.45) is 9.98 Å². The topological polar surface area (TPSA) is 43.2 Å². The normalized spacial score (nSPS) is 18.9. The van der Waals surface area contributed by atoms with E-state index in [0.717, 1.165) is 33.4 Å². The van der Waals surface area contributed by atoms with Gasteiger partial charge in [-0.15, -0.1) is 0 Å². The summed E-state index contributed by atoms with van der Waals surface area (Å²) in [7, 11) is 0. The number of hydrogen-bond acceptors (Lipinski definition) is 4. The van der Waals surface area contributed by atoms with Crippen LogP contribution in [0.25, 0.3) is 22.3 Å². The van der Waals surface area contributed by atoms with E-state index in [2.05, 4.69) is 9.98 Å². The third-order valence-electron chi connectivity index (χ3n) is 9.21. The highest BCUT2D eigenvalue weighted by Gasteiger charge is 2.33. The SMILES string of the molecule is C[C@@H]1OC(c2c(F)cccc2F)=N[C@H]1c1ccc(-c2ccc(F)cc2)cc1.C[C@H]1OC(c2c(F)cccc2F)=N[C@@H]1c1ccc(-c2ccc(F)cc2)cc1. The van der Waals surface area contributed by atoms with Crippen molar-refractivity contribution in [2.45, 2.75) is 38.1 Å². The van der Waals surface area contributed by atoms with Gasteiger partial charge >= 0.3 is 0 Å². The molecule has 2 heterocycles. The third-order valence-corrected chi connectivity index (χ3v) is 9.21. The van der Waals surface area contributed by atoms with Crippen molar-refractivity contribution in [2.75, 3.05) is 0 Å². The largest absolute Gasteiger partial charge is 0.472 e. The molecule has 2 aliphatic rings. The van der Waals surface area contributed by atoms with Crippen LogP contribution in [0.4, 0.5) is 26.3 Å². The molecule has 0 saturated heterocycles. The Morgan fingerprint density at radius 3 is 0.963 bits per heavy atom. The lowest BCUT2D eigenvalue weighted by molar-refractivity contribution is 0.212. The zero-order chi connectivity index (χ0) is 37.9. The van der Waals surface area contributed by atoms with E-state index in [-0.39, 0.29) is 58.8 Å². The Balaban J connectivity index is 0.000000167. The second-order valence-electron chi connectivity index (χ2n) is 12.9. The zero-order valence-electron chi connectivity index (χ0n) is 29.0. The van der Waals surface area contributed by atoms with Gasteiger partial charge in [-0.1, -0.05) is 84.9 Å². The minimum atomic E-state index is -0.701. The predicted octanol–water partition coefficient (Wildman–Crippen LogP) is 11.4. The molecule has 0 bridgehead atoms. The van der Waals surface area contributed by atoms with Gasteiger partial charge < -0.3 is 9.47 Å². The molecule has 0 fully saturated rings. The van der Waals surface area contributed by atoms with Gasteiger partial charge in [0.05, 0.1) is 0 Å². The van der Waals surface area contributed by atoms with E-state index in [1.54, 1.807) is 24.3 Å². The number of aliphatic imine (C=N–C) groups is 2. The fraction of sp³-hybridized carbons (Fsp3) is 0.136. The van der Waals surface area contributed by atoms with Gasteiger partial charge in [-0.2, -0.15) is 0 Å². The molecule has 6 aromatic rings. The summed E-state index contributed by atoms with van der Waals surface area (Å²) in [4.78, 5) is 8.82. The molecule has 10 heteroatoms. The number of ether oxygens (including phenoxy) is 2. The highest BCUT2D eigenvalue weighted by Crippen LogP contribution is 2.35. The Morgan fingerprint density at radius 2 is 0.667 bits per heavy atom. The first-order chi connectivity index (χ1) is 26.0. The smallest absolute Gasteiger partial charge is 0.223 e. The lowest BCUT2D eigenvalue weighted by atomic mass is 9.99. The standard InChI is InChI=1S/2C22H16F3NO/c2*1-13-21(26-22(27-13)20-18(24)3-2-4-19(20)25)16-7-5-14(6-8-16)15-9-11-17(23)12-10-15/h2*2-13,21H,1H3/t2*13-,21+/m10/s1. The van der Waals surface area contributed by atoms with Crippen LogP contribution < -0.4 is 0 Å². The van der Waals surface area contributed by atoms with E-state index in [1.807, 2.05) is 62.4 Å². The van der Waals surface area contributed by atoms with Gasteiger partial charge in [0.1, 0.15) is 70.3 Å². The van der Waals surface area contributed by atoms with E-state index in [4.69, 9.17) is 9.47 Å². The molecule has 0 saturated carbocycles. The minimum Gasteiger partial charge on any atom is -0.472 e. The summed E-state index contributed by atoms with van der Waals surface area (Å²) in [5.41, 5.74) is 4.95. The average molecular weight is 735 g/mol. The molecular weight excluding hydrogens is 702 g/mol. The van der Waals surface area contributed by atoms with Crippen LogP contribution in [0.1, 0.15) is 48.2 Å². The number of halogens is 6. The van der Waals surface area contributed by atoms with Gasteiger partial charge in [0.15, 0.2) is 0 Å². The van der Waals surface area contributed by atoms with Crippen molar-refractivity contribution >= 4 is 11.8 Å². The molecule has 6 aromatic carbocycles. The molecule has 0 N–H and O–H groups in total. The molecular formula is C44H32F6N2O2. The molecule has 54 heavy (non-hydrogen) atoms. The van der Waals surface area contributed by atoms with Crippen LogP contribution in [0.3, 0.4) is 0 Å². The number of rotatable bonds is 6. The van der Waals surface area contributed by atoms with Gasteiger partial charge in [0.2, 0.25) is 11.8 Å². The van der Waals surface area contributed by atoms with Crippen LogP contribution >= 0.6 is 0 Å². The highest BCUT2D eigenvalue weighted by molar-refractivity contribution is 5.96. The van der Waals surface area contributed by atoms with E-state index < -0.39 is 23.3 Å². The molecule has 0 aliphatic carbocycles. The third kappa shape index (κ3) is 7.64. The zero-order valence-corrected chi connectivity index (χ0v) is 29.0. The summed E-state index contributed by atoms with van der Waals surface area (Å²) in [6, 6.07) is 34.3. The Bertz CT molecular complexity index is 2120. The molecule has 0 unspecified atom stereocenters. The van der Waals surface area contributed by atoms with Crippen molar-refractivity contribution in [1.82, 2.24) is 0 Å². The van der Waals surface area contributed by atoms with Crippen LogP contribution in [-0.2, 0) is 9.47 Å². The summed E-state index contributed by atoms with van der Waals surface area (Å²) in [5, 5.41) is 0. The maximum absolute atomic E-state index is 14.0. The fourth-order valence-electron chi connectivity index (χ4n) is 6.38. The maximum Gasteiger partial charge on any atom is 0.223 e. The monoisotopic (exact) mass is 734 g/mol. The highest BCUT2D eigenvalue weighted by atomic mass is 19.2. The minimum absolute atomic E-state index is 0.0225. The molecule has 0 amide bonds. The summed E-state index contributed by atoms with van der Waals surface area (Å²) in [6.07, 6.45) is -0.702. The van der Waals surface area contributed by atoms with Crippen LogP contribution in [0, 0.1) is 34.9 Å². The van der Waals surface area contributed by atoms with Crippen molar-refractivity contribution in [3.8, 4) is 22.3 Å². The van der Waals surface area contributed by atoms with Crippen molar-refractivity contribution in [1.29, 1.82) is 0 Å². The first kappa shape index (κ1) is 36.2. The quantitative estimate of drug-likeness (QED) is 0.160. The summed E-state index contributed by atoms with van der Waals surface area (Å²) in [6.45, 7) is 3.63. The number of benzene rings is 6. The van der Waals surface area contributed by atoms with E-state index in [9.17, 15) is 26.3 Å². The lowest BCUT2D eigenvalue weighted by Crippen LogP contribution is -2.14. The Kier molecular flexibility index (Phi) is 10.4. The lowest BCUT2D eigenvalue weighted by Gasteiger charge is -2.13. The molecule has 0 radical (unpaired) electrons. The van der Waals surface area contributed by atoms with Crippen molar-refractivity contribution in [3.63, 3.8) is 0 Å². The van der Waals surface area contributed by atoms with Gasteiger partial charge in [0.25, 0.3) is 0 Å². The van der Waals surface area contributed by atoms with Gasteiger partial charge in [-0.3, -0.25) is 0 Å². The van der Waals surface area contributed by atoms with Crippen LogP contribution in [0.15, 0.2) is 143 Å². The van der Waals surface area contributed by atoms with Crippen molar-refractivity contribution < 1.29 is 35.8 Å². The fourth-order valence-corrected chi connectivity index (χ4v) is 6.38. The Labute approximate surface area is 308 Å². The molecule has 272 valence electrons. The summed E-state index contributed by atoms with van der Waals surface area (Å²) < 4.78 is 93.4. The van der Waals surface area contributed by atoms with Gasteiger partial charge in [-0.05, 0) is 95.8 Å². The first-order valence-electron chi connectivity index (χ1n) is 17.1. The molecule has 0 aromatic heterocycles. The van der Waals surface area contributed by atoms with E-state index in [0.29, 0.717) is 0 Å². The summed E-state index contributed by atoms with van der Waals surface area (Å²) >= 11 is 0. The van der Waals surface area contributed by atoms with Gasteiger partial charge in [-0.25, -0.2) is 36.3 Å². The van der Waals surface area contributed by atoms with Crippen LogP contribution in [-0.4, -0.2) is 24.0 Å². The number of nitrogens with zero attached hydrogens (tertiary/aromatic N) is 2. The molecule has 8 rings (SSSR count). The molecule has 4 atom stereocenters. The Hall–Kier alpha value is -6.16. The molecule has 4 nitrogen and oxygen atoms in total. The number of hydrogen-bond donors (Lipinski definition) is 0. The van der Waals surface area contributed by atoms with E-state index >= 15 is 0 Å². The molecule has 0 spiro atoms. The Morgan fingerprint density at radius 1 is 0.389 bits per heavy atom. The summed E-state index contributed by atoms with van der Waals surface area (Å²) in [5.74, 6) is -3.41. The second kappa shape index (κ2) is 15.4. The molecule has 2 aliphatic heterocycles. The van der Waals surface area contributed by atoms with Crippen LogP contribution in [0.2, 0.25) is 0 Å². The second-order valence-corrected chi connectivity index (χ2v) is 12.9. The predicted molar refractivity (Wildman–Crippen MR) is 196 cm³/mol. The average Bonchev–Trinajstić information content (AvgIpc) is 3.74. The maximum atomic E-state index is 14.0.